The number of thioether (sulfide) groups is 1. The van der Waals surface area contributed by atoms with E-state index in [2.05, 4.69) is 4.90 Å². The second kappa shape index (κ2) is 13.3. The van der Waals surface area contributed by atoms with Crippen LogP contribution in [-0.2, 0) is 19.1 Å². The Morgan fingerprint density at radius 2 is 1.74 bits per heavy atom. The molecule has 0 spiro atoms. The van der Waals surface area contributed by atoms with Gasteiger partial charge in [0.15, 0.2) is 0 Å². The van der Waals surface area contributed by atoms with Gasteiger partial charge in [0.05, 0.1) is 5.60 Å². The van der Waals surface area contributed by atoms with E-state index in [-0.39, 0.29) is 18.2 Å². The van der Waals surface area contributed by atoms with Gasteiger partial charge in [-0.1, -0.05) is 6.92 Å². The Kier molecular flexibility index (Phi) is 11.9. The van der Waals surface area contributed by atoms with Crippen molar-refractivity contribution in [2.24, 2.45) is 5.73 Å². The third-order valence-electron chi connectivity index (χ3n) is 6.02. The quantitative estimate of drug-likeness (QED) is 0.397. The second-order valence-corrected chi connectivity index (χ2v) is 10.1. The van der Waals surface area contributed by atoms with Crippen molar-refractivity contribution in [3.63, 3.8) is 0 Å². The third-order valence-corrected chi connectivity index (χ3v) is 7.04. The number of ether oxygens (including phenoxy) is 1. The summed E-state index contributed by atoms with van der Waals surface area (Å²) in [5.74, 6) is 0.476. The molecule has 8 nitrogen and oxygen atoms in total. The first-order valence-electron chi connectivity index (χ1n) is 11.2. The normalized spacial score (nSPS) is 16.7. The maximum Gasteiger partial charge on any atom is 0.246 e. The number of methoxy groups -OCH3 is 1. The summed E-state index contributed by atoms with van der Waals surface area (Å²) in [5.41, 5.74) is 5.02. The molecule has 31 heavy (non-hydrogen) atoms. The Labute approximate surface area is 192 Å². The van der Waals surface area contributed by atoms with E-state index in [1.807, 2.05) is 20.8 Å². The molecule has 9 heteroatoms. The van der Waals surface area contributed by atoms with Gasteiger partial charge < -0.3 is 25.2 Å². The van der Waals surface area contributed by atoms with Gasteiger partial charge in [-0.3, -0.25) is 14.4 Å². The van der Waals surface area contributed by atoms with Crippen LogP contribution in [0.15, 0.2) is 0 Å². The van der Waals surface area contributed by atoms with Crippen molar-refractivity contribution < 1.29 is 19.1 Å². The molecule has 2 N–H and O–H groups in total. The van der Waals surface area contributed by atoms with Gasteiger partial charge in [0.25, 0.3) is 0 Å². The molecule has 0 unspecified atom stereocenters. The molecule has 1 saturated heterocycles. The molecule has 0 aromatic heterocycles. The van der Waals surface area contributed by atoms with Crippen LogP contribution in [-0.4, -0.2) is 102 Å². The standard InChI is InChI=1S/C22H42N4O4S/c1-7-10-19(27)24(4)18(16-31-14-13-26-11-8-9-12-26)21(29)25(5)17(20(23)28)15-22(2,3)30-6/h17-18H,7-16H2,1-6H3,(H2,23,28)/t17-,18+/m0/s1. The molecule has 180 valence electrons. The average molecular weight is 459 g/mol. The number of nitrogens with zero attached hydrogens (tertiary/aromatic N) is 3. The Morgan fingerprint density at radius 3 is 2.26 bits per heavy atom. The lowest BCUT2D eigenvalue weighted by molar-refractivity contribution is -0.147. The van der Waals surface area contributed by atoms with Crippen LogP contribution in [0.25, 0.3) is 0 Å². The van der Waals surface area contributed by atoms with Crippen LogP contribution in [0.3, 0.4) is 0 Å². The molecule has 1 fully saturated rings. The highest BCUT2D eigenvalue weighted by molar-refractivity contribution is 7.99. The van der Waals surface area contributed by atoms with Gasteiger partial charge in [-0.25, -0.2) is 0 Å². The van der Waals surface area contributed by atoms with Gasteiger partial charge in [0, 0.05) is 52.1 Å². The predicted octanol–water partition coefficient (Wildman–Crippen LogP) is 1.57. The summed E-state index contributed by atoms with van der Waals surface area (Å²) < 4.78 is 5.44. The maximum absolute atomic E-state index is 13.4. The number of rotatable bonds is 14. The highest BCUT2D eigenvalue weighted by Gasteiger charge is 2.36. The molecule has 1 aliphatic heterocycles. The van der Waals surface area contributed by atoms with Crippen LogP contribution in [0.4, 0.5) is 0 Å². The average Bonchev–Trinajstić information content (AvgIpc) is 3.24. The molecular formula is C22H42N4O4S. The maximum atomic E-state index is 13.4. The minimum Gasteiger partial charge on any atom is -0.379 e. The predicted molar refractivity (Wildman–Crippen MR) is 126 cm³/mol. The fraction of sp³-hybridized carbons (Fsp3) is 0.864. The van der Waals surface area contributed by atoms with Crippen molar-refractivity contribution in [1.29, 1.82) is 0 Å². The number of likely N-dealkylation sites (tertiary alicyclic amines) is 1. The van der Waals surface area contributed by atoms with Crippen molar-refractivity contribution in [3.05, 3.63) is 0 Å². The highest BCUT2D eigenvalue weighted by atomic mass is 32.2. The summed E-state index contributed by atoms with van der Waals surface area (Å²) >= 11 is 1.67. The molecule has 2 atom stereocenters. The zero-order chi connectivity index (χ0) is 23.6. The minimum absolute atomic E-state index is 0.0674. The Balaban J connectivity index is 2.89. The first kappa shape index (κ1) is 27.7. The highest BCUT2D eigenvalue weighted by Crippen LogP contribution is 2.21. The number of carbonyl (C=O) groups excluding carboxylic acids is 3. The Hall–Kier alpha value is -1.32. The van der Waals surface area contributed by atoms with E-state index in [1.54, 1.807) is 33.0 Å². The lowest BCUT2D eigenvalue weighted by Crippen LogP contribution is -2.56. The van der Waals surface area contributed by atoms with Crippen LogP contribution in [0.2, 0.25) is 0 Å². The van der Waals surface area contributed by atoms with Crippen LogP contribution in [0, 0.1) is 0 Å². The molecule has 0 bridgehead atoms. The third kappa shape index (κ3) is 8.98. The van der Waals surface area contributed by atoms with E-state index in [9.17, 15) is 14.4 Å². The summed E-state index contributed by atoms with van der Waals surface area (Å²) in [6.07, 6.45) is 3.88. The number of hydrogen-bond donors (Lipinski definition) is 1. The van der Waals surface area contributed by atoms with Crippen LogP contribution >= 0.6 is 11.8 Å². The molecular weight excluding hydrogens is 416 g/mol. The summed E-state index contributed by atoms with van der Waals surface area (Å²) in [4.78, 5) is 43.5. The van der Waals surface area contributed by atoms with Crippen molar-refractivity contribution >= 4 is 29.5 Å². The molecule has 1 aliphatic rings. The fourth-order valence-corrected chi connectivity index (χ4v) is 4.82. The number of carbonyl (C=O) groups is 3. The van der Waals surface area contributed by atoms with E-state index < -0.39 is 23.6 Å². The minimum atomic E-state index is -0.811. The first-order valence-corrected chi connectivity index (χ1v) is 12.4. The van der Waals surface area contributed by atoms with Crippen LogP contribution in [0.5, 0.6) is 0 Å². The largest absolute Gasteiger partial charge is 0.379 e. The molecule has 3 amide bonds. The van der Waals surface area contributed by atoms with E-state index >= 15 is 0 Å². The number of primary amides is 1. The van der Waals surface area contributed by atoms with Gasteiger partial charge in [0.1, 0.15) is 12.1 Å². The van der Waals surface area contributed by atoms with Crippen LogP contribution < -0.4 is 5.73 Å². The van der Waals surface area contributed by atoms with Gasteiger partial charge in [0.2, 0.25) is 17.7 Å². The van der Waals surface area contributed by atoms with Crippen molar-refractivity contribution in [2.45, 2.75) is 70.6 Å². The molecule has 0 radical (unpaired) electrons. The molecule has 1 heterocycles. The summed E-state index contributed by atoms with van der Waals surface area (Å²) in [5, 5.41) is 0. The first-order chi connectivity index (χ1) is 14.5. The van der Waals surface area contributed by atoms with E-state index in [1.165, 1.54) is 22.6 Å². The van der Waals surface area contributed by atoms with E-state index in [0.717, 1.165) is 25.4 Å². The lowest BCUT2D eigenvalue weighted by atomic mass is 9.97. The van der Waals surface area contributed by atoms with Gasteiger partial charge in [-0.2, -0.15) is 11.8 Å². The zero-order valence-corrected chi connectivity index (χ0v) is 21.0. The zero-order valence-electron chi connectivity index (χ0n) is 20.2. The number of nitrogens with two attached hydrogens (primary N) is 1. The molecule has 0 aromatic carbocycles. The van der Waals surface area contributed by atoms with Gasteiger partial charge in [-0.05, 0) is 46.2 Å². The summed E-state index contributed by atoms with van der Waals surface area (Å²) in [6.45, 7) is 8.90. The van der Waals surface area contributed by atoms with Gasteiger partial charge in [-0.15, -0.1) is 0 Å². The topological polar surface area (TPSA) is 96.2 Å². The Morgan fingerprint density at radius 1 is 1.13 bits per heavy atom. The number of likely N-dealkylation sites (N-methyl/N-ethyl adjacent to an activating group) is 2. The second-order valence-electron chi connectivity index (χ2n) is 8.93. The van der Waals surface area contributed by atoms with Gasteiger partial charge >= 0.3 is 0 Å². The monoisotopic (exact) mass is 458 g/mol. The molecule has 0 aliphatic carbocycles. The molecule has 0 saturated carbocycles. The fourth-order valence-electron chi connectivity index (χ4n) is 3.67. The SMILES string of the molecule is CCCC(=O)N(C)[C@H](CSCCN1CCCC1)C(=O)N(C)[C@@H](CC(C)(C)OC)C(N)=O. The van der Waals surface area contributed by atoms with Crippen LogP contribution in [0.1, 0.15) is 52.9 Å². The smallest absolute Gasteiger partial charge is 0.246 e. The van der Waals surface area contributed by atoms with E-state index in [0.29, 0.717) is 18.6 Å². The van der Waals surface area contributed by atoms with E-state index in [4.69, 9.17) is 10.5 Å². The molecule has 1 rings (SSSR count). The molecule has 0 aromatic rings. The van der Waals surface area contributed by atoms with Crippen molar-refractivity contribution in [1.82, 2.24) is 14.7 Å². The summed E-state index contributed by atoms with van der Waals surface area (Å²) in [6, 6.07) is -1.45. The summed E-state index contributed by atoms with van der Waals surface area (Å²) in [7, 11) is 4.83. The van der Waals surface area contributed by atoms with Crippen molar-refractivity contribution in [2.75, 3.05) is 52.3 Å². The van der Waals surface area contributed by atoms with Crippen molar-refractivity contribution in [3.8, 4) is 0 Å². The number of amides is 3. The Bertz CT molecular complexity index is 596. The number of hydrogen-bond acceptors (Lipinski definition) is 6. The lowest BCUT2D eigenvalue weighted by Gasteiger charge is -2.36.